The van der Waals surface area contributed by atoms with Gasteiger partial charge in [0.15, 0.2) is 23.3 Å². The van der Waals surface area contributed by atoms with Gasteiger partial charge in [-0.05, 0) is 74.6 Å². The highest BCUT2D eigenvalue weighted by atomic mass is 15.0. The van der Waals surface area contributed by atoms with Crippen molar-refractivity contribution in [2.45, 2.75) is 77.7 Å². The lowest BCUT2D eigenvalue weighted by Gasteiger charge is -2.33. The second-order valence-corrected chi connectivity index (χ2v) is 14.5. The average molecular weight is 734 g/mol. The molecular formula is C51H51N5. The number of hydrogen-bond donors (Lipinski definition) is 0. The van der Waals surface area contributed by atoms with E-state index in [1.54, 1.807) is 0 Å². The molecule has 1 atom stereocenters. The molecule has 0 saturated heterocycles. The molecule has 2 aliphatic carbocycles. The quantitative estimate of drug-likeness (QED) is 0.100. The van der Waals surface area contributed by atoms with Crippen molar-refractivity contribution in [2.24, 2.45) is 9.98 Å². The first-order valence-electron chi connectivity index (χ1n) is 20.1. The Labute approximate surface area is 332 Å². The molecule has 5 heteroatoms. The number of aromatic nitrogens is 3. The van der Waals surface area contributed by atoms with Crippen molar-refractivity contribution in [3.63, 3.8) is 0 Å². The van der Waals surface area contributed by atoms with Crippen LogP contribution in [0.15, 0.2) is 168 Å². The van der Waals surface area contributed by atoms with Crippen LogP contribution in [0.25, 0.3) is 22.5 Å². The molecule has 0 saturated carbocycles. The Morgan fingerprint density at radius 3 is 1.95 bits per heavy atom. The van der Waals surface area contributed by atoms with E-state index in [1.165, 1.54) is 11.1 Å². The molecule has 0 radical (unpaired) electrons. The molecule has 0 bridgehead atoms. The molecule has 0 amide bonds. The lowest BCUT2D eigenvalue weighted by atomic mass is 9.70. The van der Waals surface area contributed by atoms with Gasteiger partial charge in [-0.15, -0.1) is 0 Å². The predicted molar refractivity (Wildman–Crippen MR) is 235 cm³/mol. The molecule has 7 rings (SSSR count). The Balaban J connectivity index is 1.19. The van der Waals surface area contributed by atoms with Gasteiger partial charge in [0.05, 0.1) is 6.04 Å². The zero-order valence-electron chi connectivity index (χ0n) is 33.1. The molecule has 1 aromatic heterocycles. The van der Waals surface area contributed by atoms with E-state index in [1.807, 2.05) is 43.3 Å². The molecule has 1 heterocycles. The monoisotopic (exact) mass is 733 g/mol. The standard InChI is InChI=1S/C51H51N5/c1-5-51(6-2,45-33-29-40(30-34-45)38(4)53-47(41-27-19-12-20-28-41)52-37(3)39-21-17-11-18-22-39)46-35-31-44(32-36-46)50-55-48(42-23-13-7-8-14-24-42)54-49(56-50)43-25-15-9-10-16-26-43/h7,11-15,17-36,38H,5-6,8-10,16H2,1-4H3. The van der Waals surface area contributed by atoms with Gasteiger partial charge in [-0.25, -0.2) is 19.9 Å². The van der Waals surface area contributed by atoms with E-state index in [0.29, 0.717) is 11.6 Å². The van der Waals surface area contributed by atoms with E-state index in [2.05, 4.69) is 142 Å². The Morgan fingerprint density at radius 2 is 1.27 bits per heavy atom. The summed E-state index contributed by atoms with van der Waals surface area (Å²) < 4.78 is 0. The first kappa shape index (κ1) is 38.2. The summed E-state index contributed by atoms with van der Waals surface area (Å²) in [6, 6.07) is 38.4. The molecule has 2 aliphatic rings. The molecule has 56 heavy (non-hydrogen) atoms. The Hall–Kier alpha value is -6.07. The Kier molecular flexibility index (Phi) is 12.3. The molecule has 0 fully saturated rings. The second-order valence-electron chi connectivity index (χ2n) is 14.5. The van der Waals surface area contributed by atoms with Gasteiger partial charge < -0.3 is 0 Å². The van der Waals surface area contributed by atoms with Crippen molar-refractivity contribution in [3.8, 4) is 11.4 Å². The predicted octanol–water partition coefficient (Wildman–Crippen LogP) is 12.7. The van der Waals surface area contributed by atoms with Gasteiger partial charge in [0.25, 0.3) is 0 Å². The lowest BCUT2D eigenvalue weighted by Crippen LogP contribution is -2.26. The highest BCUT2D eigenvalue weighted by Gasteiger charge is 2.31. The highest BCUT2D eigenvalue weighted by Crippen LogP contribution is 2.40. The third-order valence-corrected chi connectivity index (χ3v) is 11.0. The van der Waals surface area contributed by atoms with Crippen molar-refractivity contribution < 1.29 is 0 Å². The molecule has 0 spiro atoms. The highest BCUT2D eigenvalue weighted by molar-refractivity contribution is 6.11. The smallest absolute Gasteiger partial charge is 0.164 e. The van der Waals surface area contributed by atoms with Gasteiger partial charge >= 0.3 is 0 Å². The number of amidine groups is 1. The van der Waals surface area contributed by atoms with Crippen LogP contribution < -0.4 is 0 Å². The van der Waals surface area contributed by atoms with Gasteiger partial charge in [-0.1, -0.05) is 172 Å². The van der Waals surface area contributed by atoms with E-state index in [-0.39, 0.29) is 11.5 Å². The fourth-order valence-electron chi connectivity index (χ4n) is 7.60. The van der Waals surface area contributed by atoms with Crippen molar-refractivity contribution in [2.75, 3.05) is 0 Å². The van der Waals surface area contributed by atoms with Crippen molar-refractivity contribution in [3.05, 3.63) is 197 Å². The summed E-state index contributed by atoms with van der Waals surface area (Å²) in [5, 5.41) is 0. The van der Waals surface area contributed by atoms with E-state index in [9.17, 15) is 0 Å². The summed E-state index contributed by atoms with van der Waals surface area (Å²) in [4.78, 5) is 25.3. The number of nitrogens with zero attached hydrogens (tertiary/aromatic N) is 5. The van der Waals surface area contributed by atoms with Crippen LogP contribution in [0.4, 0.5) is 0 Å². The van der Waals surface area contributed by atoms with E-state index >= 15 is 0 Å². The topological polar surface area (TPSA) is 63.4 Å². The number of allylic oxidation sites excluding steroid dienone is 10. The van der Waals surface area contributed by atoms with Gasteiger partial charge in [-0.2, -0.15) is 0 Å². The van der Waals surface area contributed by atoms with Crippen LogP contribution in [0.2, 0.25) is 0 Å². The van der Waals surface area contributed by atoms with Crippen LogP contribution >= 0.6 is 0 Å². The second kappa shape index (κ2) is 18.0. The van der Waals surface area contributed by atoms with Gasteiger partial charge in [0, 0.05) is 33.4 Å². The SMILES string of the molecule is CCC(CC)(c1ccc(-c2nc(C3=CC=CCC=C3)nc(C3=CCCCC=C3)n2)cc1)c1ccc(C(C)N=C(N=C(C)c2ccccc2)c2ccccc2)cc1. The fraction of sp³-hybridized carbons (Fsp3) is 0.235. The summed E-state index contributed by atoms with van der Waals surface area (Å²) in [7, 11) is 0. The third-order valence-electron chi connectivity index (χ3n) is 11.0. The number of benzene rings is 4. The number of hydrogen-bond acceptors (Lipinski definition) is 4. The third kappa shape index (κ3) is 8.74. The van der Waals surface area contributed by atoms with Crippen molar-refractivity contribution in [1.29, 1.82) is 0 Å². The van der Waals surface area contributed by atoms with Gasteiger partial charge in [0.1, 0.15) is 0 Å². The molecule has 1 unspecified atom stereocenters. The van der Waals surface area contributed by atoms with E-state index in [0.717, 1.165) is 89.3 Å². The molecule has 4 aromatic carbocycles. The van der Waals surface area contributed by atoms with Gasteiger partial charge in [-0.3, -0.25) is 4.99 Å². The maximum atomic E-state index is 5.19. The van der Waals surface area contributed by atoms with Crippen LogP contribution in [0.5, 0.6) is 0 Å². The number of rotatable bonds is 11. The summed E-state index contributed by atoms with van der Waals surface area (Å²) in [5.41, 5.74) is 9.65. The molecule has 280 valence electrons. The first-order valence-corrected chi connectivity index (χ1v) is 20.1. The zero-order valence-corrected chi connectivity index (χ0v) is 33.1. The van der Waals surface area contributed by atoms with Crippen molar-refractivity contribution in [1.82, 2.24) is 15.0 Å². The minimum Gasteiger partial charge on any atom is -0.258 e. The fourth-order valence-corrected chi connectivity index (χ4v) is 7.60. The average Bonchev–Trinajstić information content (AvgIpc) is 3.72. The maximum absolute atomic E-state index is 5.19. The largest absolute Gasteiger partial charge is 0.258 e. The summed E-state index contributed by atoms with van der Waals surface area (Å²) in [6.07, 6.45) is 23.3. The van der Waals surface area contributed by atoms with Crippen LogP contribution in [-0.4, -0.2) is 26.5 Å². The normalized spacial score (nSPS) is 15.5. The summed E-state index contributed by atoms with van der Waals surface area (Å²) >= 11 is 0. The Morgan fingerprint density at radius 1 is 0.661 bits per heavy atom. The number of aliphatic imine (C=N–C) groups is 2. The maximum Gasteiger partial charge on any atom is 0.164 e. The first-order chi connectivity index (χ1) is 27.5. The Bertz CT molecular complexity index is 2320. The minimum absolute atomic E-state index is 0.0804. The van der Waals surface area contributed by atoms with Crippen LogP contribution in [0.1, 0.15) is 112 Å². The molecule has 0 aliphatic heterocycles. The minimum atomic E-state index is -0.149. The summed E-state index contributed by atoms with van der Waals surface area (Å²) in [5.74, 6) is 2.84. The molecule has 5 aromatic rings. The van der Waals surface area contributed by atoms with Crippen molar-refractivity contribution >= 4 is 22.7 Å². The van der Waals surface area contributed by atoms with E-state index < -0.39 is 0 Å². The van der Waals surface area contributed by atoms with E-state index in [4.69, 9.17) is 24.9 Å². The van der Waals surface area contributed by atoms with Crippen LogP contribution in [0, 0.1) is 0 Å². The van der Waals surface area contributed by atoms with Gasteiger partial charge in [0.2, 0.25) is 0 Å². The summed E-state index contributed by atoms with van der Waals surface area (Å²) in [6.45, 7) is 8.78. The molecular weight excluding hydrogens is 683 g/mol. The molecule has 0 N–H and O–H groups in total. The van der Waals surface area contributed by atoms with Crippen LogP contribution in [0.3, 0.4) is 0 Å². The van der Waals surface area contributed by atoms with Crippen LogP contribution in [-0.2, 0) is 5.41 Å². The molecule has 5 nitrogen and oxygen atoms in total. The zero-order chi connectivity index (χ0) is 38.7. The lowest BCUT2D eigenvalue weighted by molar-refractivity contribution is 0.478.